The molecule has 32 heavy (non-hydrogen) atoms. The Labute approximate surface area is 183 Å². The highest BCUT2D eigenvalue weighted by atomic mass is 32.2. The molecule has 6 nitrogen and oxygen atoms in total. The fraction of sp³-hybridized carbons (Fsp3) is 0.130. The average molecular weight is 456 g/mol. The second-order valence-corrected chi connectivity index (χ2v) is 9.37. The standard InChI is InChI=1S/C23H18F2N2O4S/c24-16-10-11-18(17(25)12-16)26-22(28)14-27-19-8-4-5-9-20(19)32(30,31)21(13-23(27)29)15-6-2-1-3-7-15/h1-12,21H,13-14H2,(H,26,28). The fourth-order valence-corrected chi connectivity index (χ4v) is 5.57. The van der Waals surface area contributed by atoms with Crippen LogP contribution in [0.5, 0.6) is 0 Å². The summed E-state index contributed by atoms with van der Waals surface area (Å²) in [5, 5.41) is 1.19. The predicted molar refractivity (Wildman–Crippen MR) is 115 cm³/mol. The van der Waals surface area contributed by atoms with Crippen molar-refractivity contribution in [2.75, 3.05) is 16.8 Å². The average Bonchev–Trinajstić information content (AvgIpc) is 2.85. The van der Waals surface area contributed by atoms with Crippen LogP contribution in [-0.2, 0) is 19.4 Å². The Kier molecular flexibility index (Phi) is 5.75. The van der Waals surface area contributed by atoms with Gasteiger partial charge in [-0.15, -0.1) is 0 Å². The Bertz CT molecular complexity index is 1300. The highest BCUT2D eigenvalue weighted by Crippen LogP contribution is 2.40. The van der Waals surface area contributed by atoms with E-state index in [1.54, 1.807) is 42.5 Å². The van der Waals surface area contributed by atoms with Crippen molar-refractivity contribution >= 4 is 33.0 Å². The van der Waals surface area contributed by atoms with Gasteiger partial charge in [0.2, 0.25) is 11.8 Å². The van der Waals surface area contributed by atoms with Gasteiger partial charge >= 0.3 is 0 Å². The minimum absolute atomic E-state index is 0.0690. The number of sulfone groups is 1. The Hall–Kier alpha value is -3.59. The molecule has 1 aliphatic rings. The van der Waals surface area contributed by atoms with E-state index in [-0.39, 0.29) is 22.7 Å². The third kappa shape index (κ3) is 4.11. The van der Waals surface area contributed by atoms with Gasteiger partial charge in [-0.3, -0.25) is 9.59 Å². The third-order valence-electron chi connectivity index (χ3n) is 5.18. The van der Waals surface area contributed by atoms with Gasteiger partial charge in [0.25, 0.3) is 0 Å². The van der Waals surface area contributed by atoms with Crippen LogP contribution in [0.2, 0.25) is 0 Å². The molecule has 2 amide bonds. The van der Waals surface area contributed by atoms with Crippen molar-refractivity contribution in [3.05, 3.63) is 90.0 Å². The van der Waals surface area contributed by atoms with Gasteiger partial charge in [-0.25, -0.2) is 17.2 Å². The SMILES string of the molecule is O=C(CN1C(=O)CC(c2ccccc2)S(=O)(=O)c2ccccc21)Nc1ccc(F)cc1F. The molecule has 1 N–H and O–H groups in total. The molecule has 1 unspecified atom stereocenters. The number of nitrogens with zero attached hydrogens (tertiary/aromatic N) is 1. The van der Waals surface area contributed by atoms with Crippen LogP contribution in [0.1, 0.15) is 17.2 Å². The maximum Gasteiger partial charge on any atom is 0.244 e. The lowest BCUT2D eigenvalue weighted by Gasteiger charge is -2.22. The number of nitrogens with one attached hydrogen (secondary N) is 1. The quantitative estimate of drug-likeness (QED) is 0.646. The first-order valence-corrected chi connectivity index (χ1v) is 11.2. The van der Waals surface area contributed by atoms with Crippen LogP contribution >= 0.6 is 0 Å². The summed E-state index contributed by atoms with van der Waals surface area (Å²) in [6.07, 6.45) is -0.362. The summed E-state index contributed by atoms with van der Waals surface area (Å²) in [5.74, 6) is -3.08. The van der Waals surface area contributed by atoms with E-state index >= 15 is 0 Å². The lowest BCUT2D eigenvalue weighted by Crippen LogP contribution is -2.38. The molecule has 4 rings (SSSR count). The molecule has 1 atom stereocenters. The Morgan fingerprint density at radius 2 is 1.69 bits per heavy atom. The van der Waals surface area contributed by atoms with E-state index < -0.39 is 45.1 Å². The molecule has 0 saturated heterocycles. The van der Waals surface area contributed by atoms with Gasteiger partial charge in [0.05, 0.1) is 21.5 Å². The zero-order valence-electron chi connectivity index (χ0n) is 16.7. The number of rotatable bonds is 4. The maximum atomic E-state index is 13.9. The van der Waals surface area contributed by atoms with Crippen LogP contribution in [0.15, 0.2) is 77.7 Å². The largest absolute Gasteiger partial charge is 0.322 e. The second kappa shape index (κ2) is 8.51. The first-order chi connectivity index (χ1) is 15.3. The summed E-state index contributed by atoms with van der Waals surface area (Å²) < 4.78 is 53.8. The van der Waals surface area contributed by atoms with Crippen molar-refractivity contribution in [3.8, 4) is 0 Å². The minimum atomic E-state index is -3.94. The molecule has 1 aliphatic heterocycles. The van der Waals surface area contributed by atoms with Crippen molar-refractivity contribution in [1.82, 2.24) is 0 Å². The molecule has 9 heteroatoms. The van der Waals surface area contributed by atoms with E-state index in [1.165, 1.54) is 12.1 Å². The van der Waals surface area contributed by atoms with E-state index in [4.69, 9.17) is 0 Å². The van der Waals surface area contributed by atoms with Crippen molar-refractivity contribution in [2.45, 2.75) is 16.6 Å². The van der Waals surface area contributed by atoms with Crippen LogP contribution < -0.4 is 10.2 Å². The zero-order chi connectivity index (χ0) is 22.9. The summed E-state index contributed by atoms with van der Waals surface area (Å²) in [7, 11) is -3.94. The number of carbonyl (C=O) groups is 2. The first-order valence-electron chi connectivity index (χ1n) is 9.70. The zero-order valence-corrected chi connectivity index (χ0v) is 17.5. The smallest absolute Gasteiger partial charge is 0.244 e. The molecule has 0 aliphatic carbocycles. The molecule has 0 saturated carbocycles. The van der Waals surface area contributed by atoms with Crippen LogP contribution in [0.4, 0.5) is 20.2 Å². The summed E-state index contributed by atoms with van der Waals surface area (Å²) in [6, 6.07) is 17.0. The van der Waals surface area contributed by atoms with Crippen LogP contribution in [0.25, 0.3) is 0 Å². The number of halogens is 2. The van der Waals surface area contributed by atoms with Gasteiger partial charge in [0, 0.05) is 12.5 Å². The number of hydrogen-bond donors (Lipinski definition) is 1. The summed E-state index contributed by atoms with van der Waals surface area (Å²) in [5.41, 5.74) is 0.294. The van der Waals surface area contributed by atoms with Crippen LogP contribution in [0.3, 0.4) is 0 Å². The highest BCUT2D eigenvalue weighted by molar-refractivity contribution is 7.92. The molecular weight excluding hydrogens is 438 g/mol. The lowest BCUT2D eigenvalue weighted by molar-refractivity contribution is -0.121. The second-order valence-electron chi connectivity index (χ2n) is 7.27. The number of anilines is 2. The van der Waals surface area contributed by atoms with Gasteiger partial charge < -0.3 is 10.2 Å². The number of hydrogen-bond acceptors (Lipinski definition) is 4. The number of benzene rings is 3. The Balaban J connectivity index is 1.69. The van der Waals surface area contributed by atoms with Crippen molar-refractivity contribution in [2.24, 2.45) is 0 Å². The molecule has 3 aromatic rings. The summed E-state index contributed by atoms with van der Waals surface area (Å²) in [6.45, 7) is -0.538. The van der Waals surface area contributed by atoms with Crippen molar-refractivity contribution in [1.29, 1.82) is 0 Å². The summed E-state index contributed by atoms with van der Waals surface area (Å²) in [4.78, 5) is 26.7. The molecule has 0 aromatic heterocycles. The van der Waals surface area contributed by atoms with E-state index in [9.17, 15) is 26.8 Å². The van der Waals surface area contributed by atoms with Gasteiger partial charge in [-0.1, -0.05) is 42.5 Å². The number of amides is 2. The molecule has 0 radical (unpaired) electrons. The molecule has 0 bridgehead atoms. The van der Waals surface area contributed by atoms with E-state index in [0.29, 0.717) is 11.6 Å². The molecule has 0 spiro atoms. The van der Waals surface area contributed by atoms with Gasteiger partial charge in [0.1, 0.15) is 18.2 Å². The number of fused-ring (bicyclic) bond motifs is 1. The van der Waals surface area contributed by atoms with Crippen molar-refractivity contribution in [3.63, 3.8) is 0 Å². The minimum Gasteiger partial charge on any atom is -0.322 e. The van der Waals surface area contributed by atoms with E-state index in [1.807, 2.05) is 0 Å². The van der Waals surface area contributed by atoms with Crippen molar-refractivity contribution < 1.29 is 26.8 Å². The Morgan fingerprint density at radius 1 is 1.00 bits per heavy atom. The lowest BCUT2D eigenvalue weighted by atomic mass is 10.1. The number of para-hydroxylation sites is 1. The van der Waals surface area contributed by atoms with Gasteiger partial charge in [0.15, 0.2) is 9.84 Å². The maximum absolute atomic E-state index is 13.9. The Morgan fingerprint density at radius 3 is 2.41 bits per heavy atom. The van der Waals surface area contributed by atoms with Crippen LogP contribution in [-0.4, -0.2) is 26.8 Å². The normalized spacial score (nSPS) is 17.4. The predicted octanol–water partition coefficient (Wildman–Crippen LogP) is 3.86. The molecule has 3 aromatic carbocycles. The monoisotopic (exact) mass is 456 g/mol. The van der Waals surface area contributed by atoms with Crippen LogP contribution in [0, 0.1) is 11.6 Å². The molecule has 0 fully saturated rings. The first kappa shape index (κ1) is 21.6. The van der Waals surface area contributed by atoms with E-state index in [2.05, 4.69) is 5.32 Å². The molecule has 164 valence electrons. The number of carbonyl (C=O) groups excluding carboxylic acids is 2. The topological polar surface area (TPSA) is 83.6 Å². The highest BCUT2D eigenvalue weighted by Gasteiger charge is 2.39. The van der Waals surface area contributed by atoms with E-state index in [0.717, 1.165) is 17.0 Å². The molecular formula is C23H18F2N2O4S. The van der Waals surface area contributed by atoms with Gasteiger partial charge in [-0.2, -0.15) is 0 Å². The summed E-state index contributed by atoms with van der Waals surface area (Å²) >= 11 is 0. The molecule has 1 heterocycles. The fourth-order valence-electron chi connectivity index (χ4n) is 3.65. The van der Waals surface area contributed by atoms with Gasteiger partial charge in [-0.05, 0) is 29.8 Å². The third-order valence-corrected chi connectivity index (χ3v) is 7.32.